The highest BCUT2D eigenvalue weighted by Crippen LogP contribution is 2.43. The molecule has 3 atom stereocenters. The van der Waals surface area contributed by atoms with Crippen LogP contribution in [0.25, 0.3) is 6.08 Å². The summed E-state index contributed by atoms with van der Waals surface area (Å²) in [6.07, 6.45) is 10.4. The third-order valence-electron chi connectivity index (χ3n) is 4.37. The molecule has 0 spiro atoms. The lowest BCUT2D eigenvalue weighted by Crippen LogP contribution is -2.16. The van der Waals surface area contributed by atoms with E-state index >= 15 is 0 Å². The van der Waals surface area contributed by atoms with E-state index in [9.17, 15) is 4.79 Å². The number of carbonyl (C=O) groups is 1. The van der Waals surface area contributed by atoms with Crippen molar-refractivity contribution >= 4 is 12.0 Å². The second kappa shape index (κ2) is 6.17. The van der Waals surface area contributed by atoms with Crippen molar-refractivity contribution in [2.45, 2.75) is 12.8 Å². The van der Waals surface area contributed by atoms with Crippen LogP contribution in [0, 0.1) is 17.8 Å². The van der Waals surface area contributed by atoms with Crippen molar-refractivity contribution in [3.05, 3.63) is 48.1 Å². The molecular weight excluding hydrogens is 264 g/mol. The van der Waals surface area contributed by atoms with E-state index in [1.165, 1.54) is 26.0 Å². The lowest BCUT2D eigenvalue weighted by atomic mass is 9.95. The topological polar surface area (TPSA) is 35.5 Å². The van der Waals surface area contributed by atoms with E-state index in [4.69, 9.17) is 4.74 Å². The van der Waals surface area contributed by atoms with E-state index in [2.05, 4.69) is 16.9 Å². The maximum Gasteiger partial charge on any atom is 0.330 e. The zero-order valence-electron chi connectivity index (χ0n) is 12.2. The second-order valence-electron chi connectivity index (χ2n) is 5.78. The van der Waals surface area contributed by atoms with Crippen LogP contribution in [0.15, 0.2) is 42.5 Å². The predicted molar refractivity (Wildman–Crippen MR) is 81.8 cm³/mol. The summed E-state index contributed by atoms with van der Waals surface area (Å²) in [7, 11) is 1.37. The van der Waals surface area contributed by atoms with Gasteiger partial charge in [-0.25, -0.2) is 4.79 Å². The van der Waals surface area contributed by atoms with Crippen molar-refractivity contribution < 1.29 is 14.3 Å². The largest absolute Gasteiger partial charge is 0.493 e. The standard InChI is InChI=1S/C18H20O3/c1-20-18(19)9-5-13-3-7-17(8-4-13)21-12-16-11-14-2-6-15(16)10-14/h2-9,14-16H,10-12H2,1H3/b9-5+. The fourth-order valence-electron chi connectivity index (χ4n) is 3.20. The van der Waals surface area contributed by atoms with Gasteiger partial charge in [-0.2, -0.15) is 0 Å². The molecule has 1 aromatic rings. The van der Waals surface area contributed by atoms with Crippen molar-refractivity contribution in [1.82, 2.24) is 0 Å². The number of fused-ring (bicyclic) bond motifs is 2. The Bertz CT molecular complexity index is 556. The van der Waals surface area contributed by atoms with E-state index < -0.39 is 0 Å². The number of hydrogen-bond acceptors (Lipinski definition) is 3. The molecule has 0 N–H and O–H groups in total. The molecule has 3 unspecified atom stereocenters. The lowest BCUT2D eigenvalue weighted by Gasteiger charge is -2.18. The first-order chi connectivity index (χ1) is 10.2. The molecule has 1 saturated carbocycles. The Kier molecular flexibility index (Phi) is 4.09. The lowest BCUT2D eigenvalue weighted by molar-refractivity contribution is -0.134. The number of methoxy groups -OCH3 is 1. The van der Waals surface area contributed by atoms with Gasteiger partial charge in [0.15, 0.2) is 0 Å². The van der Waals surface area contributed by atoms with Crippen LogP contribution in [0.1, 0.15) is 18.4 Å². The summed E-state index contributed by atoms with van der Waals surface area (Å²) in [5.74, 6) is 2.71. The molecule has 2 aliphatic carbocycles. The van der Waals surface area contributed by atoms with E-state index in [0.717, 1.165) is 29.8 Å². The van der Waals surface area contributed by atoms with Gasteiger partial charge in [0.05, 0.1) is 13.7 Å². The molecule has 2 bridgehead atoms. The molecule has 1 fully saturated rings. The molecule has 0 heterocycles. The number of carbonyl (C=O) groups excluding carboxylic acids is 1. The van der Waals surface area contributed by atoms with Gasteiger partial charge in [0.1, 0.15) is 5.75 Å². The molecule has 0 radical (unpaired) electrons. The summed E-state index contributed by atoms with van der Waals surface area (Å²) < 4.78 is 10.5. The number of ether oxygens (including phenoxy) is 2. The predicted octanol–water partition coefficient (Wildman–Crippen LogP) is 3.46. The maximum absolute atomic E-state index is 11.0. The van der Waals surface area contributed by atoms with E-state index in [0.29, 0.717) is 5.92 Å². The first-order valence-electron chi connectivity index (χ1n) is 7.42. The van der Waals surface area contributed by atoms with Crippen LogP contribution < -0.4 is 4.74 Å². The zero-order valence-corrected chi connectivity index (χ0v) is 12.2. The average molecular weight is 284 g/mol. The zero-order chi connectivity index (χ0) is 14.7. The third-order valence-corrected chi connectivity index (χ3v) is 4.37. The third kappa shape index (κ3) is 3.35. The van der Waals surface area contributed by atoms with Gasteiger partial charge >= 0.3 is 5.97 Å². The molecule has 110 valence electrons. The van der Waals surface area contributed by atoms with Crippen molar-refractivity contribution in [3.8, 4) is 5.75 Å². The first kappa shape index (κ1) is 13.9. The normalized spacial score (nSPS) is 26.4. The van der Waals surface area contributed by atoms with Crippen molar-refractivity contribution in [2.75, 3.05) is 13.7 Å². The highest BCUT2D eigenvalue weighted by atomic mass is 16.5. The van der Waals surface area contributed by atoms with Crippen molar-refractivity contribution in [1.29, 1.82) is 0 Å². The number of rotatable bonds is 5. The van der Waals surface area contributed by atoms with Crippen LogP contribution in [-0.2, 0) is 9.53 Å². The quantitative estimate of drug-likeness (QED) is 0.472. The molecule has 21 heavy (non-hydrogen) atoms. The number of hydrogen-bond donors (Lipinski definition) is 0. The molecule has 0 saturated heterocycles. The summed E-state index contributed by atoms with van der Waals surface area (Å²) in [5, 5.41) is 0. The maximum atomic E-state index is 11.0. The fraction of sp³-hybridized carbons (Fsp3) is 0.389. The molecule has 0 aliphatic heterocycles. The van der Waals surface area contributed by atoms with Gasteiger partial charge in [0.2, 0.25) is 0 Å². The minimum absolute atomic E-state index is 0.348. The summed E-state index contributed by atoms with van der Waals surface area (Å²) >= 11 is 0. The number of esters is 1. The smallest absolute Gasteiger partial charge is 0.330 e. The van der Waals surface area contributed by atoms with Crippen molar-refractivity contribution in [3.63, 3.8) is 0 Å². The van der Waals surface area contributed by atoms with Crippen LogP contribution in [-0.4, -0.2) is 19.7 Å². The van der Waals surface area contributed by atoms with Gasteiger partial charge in [0, 0.05) is 6.08 Å². The fourth-order valence-corrected chi connectivity index (χ4v) is 3.20. The molecule has 3 nitrogen and oxygen atoms in total. The summed E-state index contributed by atoms with van der Waals surface area (Å²) in [6, 6.07) is 7.77. The van der Waals surface area contributed by atoms with E-state index in [-0.39, 0.29) is 5.97 Å². The van der Waals surface area contributed by atoms with Gasteiger partial charge in [0.25, 0.3) is 0 Å². The summed E-state index contributed by atoms with van der Waals surface area (Å²) in [6.45, 7) is 0.794. The Hall–Kier alpha value is -2.03. The highest BCUT2D eigenvalue weighted by Gasteiger charge is 2.35. The van der Waals surface area contributed by atoms with Gasteiger partial charge < -0.3 is 9.47 Å². The Morgan fingerprint density at radius 3 is 2.67 bits per heavy atom. The molecule has 2 aliphatic rings. The van der Waals surface area contributed by atoms with E-state index in [1.807, 2.05) is 24.3 Å². The summed E-state index contributed by atoms with van der Waals surface area (Å²) in [4.78, 5) is 11.0. The highest BCUT2D eigenvalue weighted by molar-refractivity contribution is 5.86. The number of allylic oxidation sites excluding steroid dienone is 2. The minimum atomic E-state index is -0.348. The SMILES string of the molecule is COC(=O)/C=C/c1ccc(OCC2CC3C=CC2C3)cc1. The van der Waals surface area contributed by atoms with Gasteiger partial charge in [-0.05, 0) is 54.4 Å². The minimum Gasteiger partial charge on any atom is -0.493 e. The molecule has 1 aromatic carbocycles. The van der Waals surface area contributed by atoms with Gasteiger partial charge in [-0.15, -0.1) is 0 Å². The Morgan fingerprint density at radius 2 is 2.05 bits per heavy atom. The molecular formula is C18H20O3. The molecule has 0 amide bonds. The Balaban J connectivity index is 1.51. The van der Waals surface area contributed by atoms with Crippen LogP contribution in [0.4, 0.5) is 0 Å². The first-order valence-corrected chi connectivity index (χ1v) is 7.42. The van der Waals surface area contributed by atoms with Gasteiger partial charge in [-0.3, -0.25) is 0 Å². The molecule has 0 aromatic heterocycles. The summed E-state index contributed by atoms with van der Waals surface area (Å²) in [5.41, 5.74) is 0.954. The van der Waals surface area contributed by atoms with E-state index in [1.54, 1.807) is 6.08 Å². The van der Waals surface area contributed by atoms with Crippen molar-refractivity contribution in [2.24, 2.45) is 17.8 Å². The Morgan fingerprint density at radius 1 is 1.24 bits per heavy atom. The monoisotopic (exact) mass is 284 g/mol. The van der Waals surface area contributed by atoms with Gasteiger partial charge in [-0.1, -0.05) is 24.3 Å². The molecule has 3 heteroatoms. The average Bonchev–Trinajstić information content (AvgIpc) is 3.14. The van der Waals surface area contributed by atoms with Crippen LogP contribution in [0.2, 0.25) is 0 Å². The second-order valence-corrected chi connectivity index (χ2v) is 5.78. The van der Waals surface area contributed by atoms with Crippen LogP contribution in [0.3, 0.4) is 0 Å². The molecule has 3 rings (SSSR count). The Labute approximate surface area is 125 Å². The number of benzene rings is 1. The van der Waals surface area contributed by atoms with Crippen LogP contribution in [0.5, 0.6) is 5.75 Å². The van der Waals surface area contributed by atoms with Crippen LogP contribution >= 0.6 is 0 Å².